The van der Waals surface area contributed by atoms with E-state index in [0.29, 0.717) is 34.6 Å². The van der Waals surface area contributed by atoms with E-state index in [1.807, 2.05) is 39.1 Å². The van der Waals surface area contributed by atoms with Gasteiger partial charge in [0, 0.05) is 24.7 Å². The summed E-state index contributed by atoms with van der Waals surface area (Å²) < 4.78 is 14.2. The number of nitrogens with one attached hydrogen (secondary N) is 2. The van der Waals surface area contributed by atoms with Gasteiger partial charge in [-0.2, -0.15) is 0 Å². The third-order valence-corrected chi connectivity index (χ3v) is 6.17. The summed E-state index contributed by atoms with van der Waals surface area (Å²) in [5, 5.41) is 7.97. The number of rotatable bonds is 5. The number of thiophene rings is 1. The molecule has 0 spiro atoms. The Labute approximate surface area is 189 Å². The molecule has 168 valence electrons. The largest absolute Gasteiger partial charge is 0.349 e. The molecule has 2 N–H and O–H groups in total. The minimum atomic E-state index is -0.478. The van der Waals surface area contributed by atoms with Gasteiger partial charge in [-0.05, 0) is 30.0 Å². The number of amides is 2. The molecule has 1 fully saturated rings. The SMILES string of the molecule is C[C@H](Nc1nc(C(=O)N2CC(NC(=O)C(C)(C)C)C2)c2sccc2n1)c1cncc(F)c1. The van der Waals surface area contributed by atoms with Crippen molar-refractivity contribution in [3.63, 3.8) is 0 Å². The van der Waals surface area contributed by atoms with E-state index in [1.165, 1.54) is 17.4 Å². The lowest BCUT2D eigenvalue weighted by atomic mass is 9.94. The van der Waals surface area contributed by atoms with E-state index >= 15 is 0 Å². The predicted octanol–water partition coefficient (Wildman–Crippen LogP) is 3.39. The number of halogens is 1. The number of pyridine rings is 1. The molecular formula is C22H25FN6O2S. The van der Waals surface area contributed by atoms with Crippen LogP contribution in [0, 0.1) is 11.2 Å². The summed E-state index contributed by atoms with van der Waals surface area (Å²) in [6, 6.07) is 2.86. The molecule has 0 saturated carbocycles. The maximum atomic E-state index is 13.5. The Kier molecular flexibility index (Phi) is 5.81. The smallest absolute Gasteiger partial charge is 0.274 e. The molecular weight excluding hydrogens is 431 g/mol. The number of carbonyl (C=O) groups is 2. The molecule has 3 aromatic rings. The number of anilines is 1. The van der Waals surface area contributed by atoms with Crippen LogP contribution in [-0.2, 0) is 4.79 Å². The Bertz CT molecular complexity index is 1170. The Morgan fingerprint density at radius 3 is 2.69 bits per heavy atom. The Balaban J connectivity index is 1.50. The molecule has 0 aliphatic carbocycles. The van der Waals surface area contributed by atoms with Crippen molar-refractivity contribution in [2.24, 2.45) is 5.41 Å². The monoisotopic (exact) mass is 456 g/mol. The lowest BCUT2D eigenvalue weighted by Crippen LogP contribution is -2.62. The zero-order chi connectivity index (χ0) is 23.0. The first-order valence-corrected chi connectivity index (χ1v) is 11.2. The van der Waals surface area contributed by atoms with Crippen molar-refractivity contribution in [2.75, 3.05) is 18.4 Å². The van der Waals surface area contributed by atoms with Crippen molar-refractivity contribution in [1.82, 2.24) is 25.2 Å². The molecule has 0 unspecified atom stereocenters. The van der Waals surface area contributed by atoms with Gasteiger partial charge < -0.3 is 15.5 Å². The van der Waals surface area contributed by atoms with Crippen molar-refractivity contribution < 1.29 is 14.0 Å². The fraction of sp³-hybridized carbons (Fsp3) is 0.409. The van der Waals surface area contributed by atoms with Gasteiger partial charge in [-0.3, -0.25) is 14.6 Å². The highest BCUT2D eigenvalue weighted by Crippen LogP contribution is 2.27. The molecule has 4 rings (SSSR count). The fourth-order valence-electron chi connectivity index (χ4n) is 3.30. The minimum absolute atomic E-state index is 0.0374. The number of hydrogen-bond acceptors (Lipinski definition) is 7. The van der Waals surface area contributed by atoms with Crippen LogP contribution >= 0.6 is 11.3 Å². The van der Waals surface area contributed by atoms with E-state index in [-0.39, 0.29) is 29.8 Å². The van der Waals surface area contributed by atoms with Crippen LogP contribution in [0.2, 0.25) is 0 Å². The molecule has 1 saturated heterocycles. The zero-order valence-corrected chi connectivity index (χ0v) is 19.2. The first-order chi connectivity index (χ1) is 15.1. The third-order valence-electron chi connectivity index (χ3n) is 5.26. The lowest BCUT2D eigenvalue weighted by molar-refractivity contribution is -0.130. The molecule has 0 aromatic carbocycles. The first kappa shape index (κ1) is 22.1. The van der Waals surface area contributed by atoms with Gasteiger partial charge in [0.2, 0.25) is 11.9 Å². The summed E-state index contributed by atoms with van der Waals surface area (Å²) in [5.74, 6) is -0.380. The molecule has 10 heteroatoms. The van der Waals surface area contributed by atoms with Gasteiger partial charge in [-0.15, -0.1) is 11.3 Å². The van der Waals surface area contributed by atoms with E-state index in [2.05, 4.69) is 25.6 Å². The Hall–Kier alpha value is -3.14. The van der Waals surface area contributed by atoms with E-state index in [9.17, 15) is 14.0 Å². The molecule has 2 amide bonds. The van der Waals surface area contributed by atoms with Crippen molar-refractivity contribution in [3.8, 4) is 0 Å². The average Bonchev–Trinajstić information content (AvgIpc) is 3.17. The van der Waals surface area contributed by atoms with Crippen LogP contribution in [0.1, 0.15) is 49.8 Å². The second kappa shape index (κ2) is 8.42. The van der Waals surface area contributed by atoms with Crippen LogP contribution in [0.5, 0.6) is 0 Å². The Morgan fingerprint density at radius 2 is 2.00 bits per heavy atom. The number of fused-ring (bicyclic) bond motifs is 1. The van der Waals surface area contributed by atoms with E-state index in [4.69, 9.17) is 0 Å². The molecule has 3 aromatic heterocycles. The quantitative estimate of drug-likeness (QED) is 0.611. The van der Waals surface area contributed by atoms with Crippen molar-refractivity contribution >= 4 is 39.3 Å². The second-order valence-electron chi connectivity index (χ2n) is 8.96. The fourth-order valence-corrected chi connectivity index (χ4v) is 4.11. The summed E-state index contributed by atoms with van der Waals surface area (Å²) in [6.45, 7) is 8.28. The van der Waals surface area contributed by atoms with Crippen molar-refractivity contribution in [3.05, 3.63) is 47.0 Å². The summed E-state index contributed by atoms with van der Waals surface area (Å²) in [4.78, 5) is 39.9. The van der Waals surface area contributed by atoms with Crippen LogP contribution in [0.3, 0.4) is 0 Å². The molecule has 32 heavy (non-hydrogen) atoms. The standard InChI is InChI=1S/C22H25FN6O2S/c1-12(13-7-14(23)9-24-8-13)25-21-27-16-5-6-32-18(16)17(28-21)19(30)29-10-15(11-29)26-20(31)22(2,3)4/h5-9,12,15H,10-11H2,1-4H3,(H,26,31)(H,25,27,28)/t12-/m0/s1. The van der Waals surface area contributed by atoms with Crippen LogP contribution in [0.15, 0.2) is 29.9 Å². The lowest BCUT2D eigenvalue weighted by Gasteiger charge is -2.40. The van der Waals surface area contributed by atoms with Gasteiger partial charge in [0.15, 0.2) is 5.69 Å². The molecule has 8 nitrogen and oxygen atoms in total. The summed E-state index contributed by atoms with van der Waals surface area (Å²) >= 11 is 1.41. The van der Waals surface area contributed by atoms with Crippen LogP contribution in [0.25, 0.3) is 10.2 Å². The maximum absolute atomic E-state index is 13.5. The zero-order valence-electron chi connectivity index (χ0n) is 18.3. The number of hydrogen-bond donors (Lipinski definition) is 2. The first-order valence-electron chi connectivity index (χ1n) is 10.3. The number of aromatic nitrogens is 3. The van der Waals surface area contributed by atoms with Gasteiger partial charge in [0.05, 0.1) is 28.5 Å². The highest BCUT2D eigenvalue weighted by atomic mass is 32.1. The molecule has 0 bridgehead atoms. The van der Waals surface area contributed by atoms with Crippen LogP contribution in [0.4, 0.5) is 10.3 Å². The Morgan fingerprint density at radius 1 is 1.25 bits per heavy atom. The second-order valence-corrected chi connectivity index (χ2v) is 9.88. The molecule has 1 aliphatic rings. The number of carbonyl (C=O) groups excluding carboxylic acids is 2. The van der Waals surface area contributed by atoms with Gasteiger partial charge in [0.1, 0.15) is 5.82 Å². The summed E-state index contributed by atoms with van der Waals surface area (Å²) in [5.41, 5.74) is 1.15. The predicted molar refractivity (Wildman–Crippen MR) is 121 cm³/mol. The van der Waals surface area contributed by atoms with Gasteiger partial charge in [0.25, 0.3) is 5.91 Å². The number of likely N-dealkylation sites (tertiary alicyclic amines) is 1. The van der Waals surface area contributed by atoms with Crippen molar-refractivity contribution in [2.45, 2.75) is 39.8 Å². The van der Waals surface area contributed by atoms with Gasteiger partial charge in [-0.1, -0.05) is 20.8 Å². The van der Waals surface area contributed by atoms with Crippen LogP contribution < -0.4 is 10.6 Å². The molecule has 4 heterocycles. The van der Waals surface area contributed by atoms with Crippen molar-refractivity contribution in [1.29, 1.82) is 0 Å². The molecule has 0 radical (unpaired) electrons. The normalized spacial score (nSPS) is 15.3. The molecule has 1 aliphatic heterocycles. The van der Waals surface area contributed by atoms with Gasteiger partial charge in [-0.25, -0.2) is 14.4 Å². The highest BCUT2D eigenvalue weighted by molar-refractivity contribution is 7.17. The maximum Gasteiger partial charge on any atom is 0.274 e. The van der Waals surface area contributed by atoms with Gasteiger partial charge >= 0.3 is 0 Å². The molecule has 1 atom stereocenters. The topological polar surface area (TPSA) is 100 Å². The van der Waals surface area contributed by atoms with E-state index in [1.54, 1.807) is 11.1 Å². The summed E-state index contributed by atoms with van der Waals surface area (Å²) in [6.07, 6.45) is 2.72. The third kappa shape index (κ3) is 4.55. The number of nitrogens with zero attached hydrogens (tertiary/aromatic N) is 4. The average molecular weight is 457 g/mol. The minimum Gasteiger partial charge on any atom is -0.349 e. The summed E-state index contributed by atoms with van der Waals surface area (Å²) in [7, 11) is 0. The van der Waals surface area contributed by atoms with E-state index in [0.717, 1.165) is 6.20 Å². The highest BCUT2D eigenvalue weighted by Gasteiger charge is 2.36. The van der Waals surface area contributed by atoms with Crippen LogP contribution in [-0.4, -0.2) is 50.8 Å². The van der Waals surface area contributed by atoms with E-state index < -0.39 is 11.2 Å².